The lowest BCUT2D eigenvalue weighted by Crippen LogP contribution is -2.21. The van der Waals surface area contributed by atoms with Gasteiger partial charge in [0.1, 0.15) is 0 Å². The molecular weight excluding hydrogens is 565 g/mol. The van der Waals surface area contributed by atoms with Crippen molar-refractivity contribution >= 4 is 79.6 Å². The average molecular weight is 572 g/mol. The molecular formula is C9H7I3N2O3. The third-order valence-electron chi connectivity index (χ3n) is 2.07. The van der Waals surface area contributed by atoms with Crippen LogP contribution in [0.2, 0.25) is 0 Å². The lowest BCUT2D eigenvalue weighted by molar-refractivity contribution is 0.0694. The van der Waals surface area contributed by atoms with Crippen LogP contribution in [0.15, 0.2) is 0 Å². The molecule has 0 aromatic heterocycles. The Morgan fingerprint density at radius 3 is 1.88 bits per heavy atom. The lowest BCUT2D eigenvalue weighted by Gasteiger charge is -2.14. The molecule has 0 aliphatic heterocycles. The molecule has 0 unspecified atom stereocenters. The summed E-state index contributed by atoms with van der Waals surface area (Å²) in [5.74, 6) is -1.74. The highest BCUT2D eigenvalue weighted by Gasteiger charge is 2.25. The van der Waals surface area contributed by atoms with E-state index in [1.54, 1.807) is 0 Å². The van der Waals surface area contributed by atoms with Gasteiger partial charge in [-0.1, -0.05) is 0 Å². The van der Waals surface area contributed by atoms with E-state index in [4.69, 9.17) is 16.6 Å². The van der Waals surface area contributed by atoms with E-state index in [0.29, 0.717) is 16.3 Å². The van der Waals surface area contributed by atoms with Crippen LogP contribution >= 0.6 is 67.8 Å². The molecule has 0 saturated carbocycles. The van der Waals surface area contributed by atoms with Crippen molar-refractivity contribution in [2.45, 2.75) is 6.54 Å². The summed E-state index contributed by atoms with van der Waals surface area (Å²) >= 11 is 5.71. The van der Waals surface area contributed by atoms with Crippen LogP contribution in [-0.2, 0) is 6.54 Å². The van der Waals surface area contributed by atoms with Gasteiger partial charge in [0.2, 0.25) is 0 Å². The van der Waals surface area contributed by atoms with Crippen molar-refractivity contribution in [3.8, 4) is 0 Å². The van der Waals surface area contributed by atoms with E-state index in [9.17, 15) is 9.59 Å². The molecule has 0 radical (unpaired) electrons. The summed E-state index contributed by atoms with van der Waals surface area (Å²) in [7, 11) is 0. The van der Waals surface area contributed by atoms with Gasteiger partial charge in [0.05, 0.1) is 11.1 Å². The molecule has 0 saturated heterocycles. The summed E-state index contributed by atoms with van der Waals surface area (Å²) in [5, 5.41) is 9.16. The van der Waals surface area contributed by atoms with E-state index in [1.165, 1.54) is 0 Å². The fourth-order valence-electron chi connectivity index (χ4n) is 1.30. The molecule has 1 aromatic rings. The number of carboxylic acids is 1. The first kappa shape index (κ1) is 15.4. The zero-order valence-corrected chi connectivity index (χ0v) is 14.7. The number of benzene rings is 1. The number of nitrogens with two attached hydrogens (primary N) is 2. The van der Waals surface area contributed by atoms with E-state index in [-0.39, 0.29) is 17.7 Å². The van der Waals surface area contributed by atoms with Crippen LogP contribution in [0.1, 0.15) is 26.3 Å². The molecule has 0 aliphatic carbocycles. The molecule has 0 aliphatic rings. The number of halogens is 3. The fraction of sp³-hybridized carbons (Fsp3) is 0.111. The van der Waals surface area contributed by atoms with Crippen molar-refractivity contribution in [2.75, 3.05) is 0 Å². The average Bonchev–Trinajstić information content (AvgIpc) is 2.16. The van der Waals surface area contributed by atoms with Crippen LogP contribution < -0.4 is 11.5 Å². The highest BCUT2D eigenvalue weighted by atomic mass is 127. The minimum Gasteiger partial charge on any atom is -0.478 e. The molecule has 0 bridgehead atoms. The second-order valence-electron chi connectivity index (χ2n) is 3.04. The number of rotatable bonds is 3. The van der Waals surface area contributed by atoms with Crippen LogP contribution in [0.4, 0.5) is 0 Å². The number of carbonyl (C=O) groups excluding carboxylic acids is 1. The summed E-state index contributed by atoms with van der Waals surface area (Å²) in [6, 6.07) is 0. The fourth-order valence-corrected chi connectivity index (χ4v) is 5.90. The van der Waals surface area contributed by atoms with E-state index in [1.807, 2.05) is 67.8 Å². The first-order valence-corrected chi connectivity index (χ1v) is 7.49. The smallest absolute Gasteiger partial charge is 0.337 e. The molecule has 0 fully saturated rings. The predicted octanol–water partition coefficient (Wildman–Crippen LogP) is 1.76. The van der Waals surface area contributed by atoms with Crippen LogP contribution in [0.3, 0.4) is 0 Å². The zero-order valence-electron chi connectivity index (χ0n) is 8.26. The summed E-state index contributed by atoms with van der Waals surface area (Å²) in [6.45, 7) is 0.161. The second kappa shape index (κ2) is 5.97. The number of primary amides is 1. The van der Waals surface area contributed by atoms with Gasteiger partial charge in [-0.2, -0.15) is 0 Å². The number of carbonyl (C=O) groups is 2. The summed E-state index contributed by atoms with van der Waals surface area (Å²) in [4.78, 5) is 22.6. The largest absolute Gasteiger partial charge is 0.478 e. The molecule has 8 heteroatoms. The normalized spacial score (nSPS) is 10.4. The summed E-state index contributed by atoms with van der Waals surface area (Å²) in [6.07, 6.45) is 0. The number of hydrogen-bond donors (Lipinski definition) is 3. The van der Waals surface area contributed by atoms with Crippen LogP contribution in [0, 0.1) is 10.7 Å². The Bertz CT molecular complexity index is 476. The number of carboxylic acid groups (broad SMARTS) is 1. The number of aromatic carboxylic acids is 1. The maximum Gasteiger partial charge on any atom is 0.337 e. The molecule has 17 heavy (non-hydrogen) atoms. The Hall–Kier alpha value is 0.310. The minimum absolute atomic E-state index is 0.0841. The maximum atomic E-state index is 11.4. The highest BCUT2D eigenvalue weighted by Crippen LogP contribution is 2.31. The third-order valence-corrected chi connectivity index (χ3v) is 5.53. The zero-order chi connectivity index (χ0) is 13.3. The molecule has 0 heterocycles. The standard InChI is InChI=1S/C9H7I3N2O3/c10-5-2(1-13)6(11)4(9(16)17)7(12)3(5)8(14)15/h1,13H2,(H2,14,15)(H,16,17). The van der Waals surface area contributed by atoms with Crippen LogP contribution in [0.25, 0.3) is 0 Å². The molecule has 0 spiro atoms. The Labute approximate surface area is 138 Å². The molecule has 0 atom stereocenters. The Morgan fingerprint density at radius 2 is 1.53 bits per heavy atom. The van der Waals surface area contributed by atoms with Crippen LogP contribution in [-0.4, -0.2) is 17.0 Å². The molecule has 92 valence electrons. The Kier molecular flexibility index (Phi) is 5.39. The lowest BCUT2D eigenvalue weighted by atomic mass is 10.1. The van der Waals surface area contributed by atoms with Crippen molar-refractivity contribution in [2.24, 2.45) is 11.5 Å². The summed E-state index contributed by atoms with van der Waals surface area (Å²) < 4.78 is 1.53. The van der Waals surface area contributed by atoms with Gasteiger partial charge >= 0.3 is 5.97 Å². The minimum atomic E-state index is -1.09. The van der Waals surface area contributed by atoms with Crippen molar-refractivity contribution in [1.29, 1.82) is 0 Å². The number of amides is 1. The van der Waals surface area contributed by atoms with Crippen molar-refractivity contribution < 1.29 is 14.7 Å². The van der Waals surface area contributed by atoms with E-state index < -0.39 is 11.9 Å². The van der Waals surface area contributed by atoms with Gasteiger partial charge in [0, 0.05) is 17.3 Å². The Morgan fingerprint density at radius 1 is 1.06 bits per heavy atom. The predicted molar refractivity (Wildman–Crippen MR) is 88.0 cm³/mol. The molecule has 5 N–H and O–H groups in total. The molecule has 1 aromatic carbocycles. The van der Waals surface area contributed by atoms with E-state index in [0.717, 1.165) is 0 Å². The van der Waals surface area contributed by atoms with Gasteiger partial charge in [0.15, 0.2) is 0 Å². The highest BCUT2D eigenvalue weighted by molar-refractivity contribution is 14.1. The van der Waals surface area contributed by atoms with Gasteiger partial charge in [-0.25, -0.2) is 4.79 Å². The van der Waals surface area contributed by atoms with E-state index in [2.05, 4.69) is 0 Å². The SMILES string of the molecule is NCc1c(I)c(C(N)=O)c(I)c(C(=O)O)c1I. The van der Waals surface area contributed by atoms with Gasteiger partial charge in [-0.15, -0.1) is 0 Å². The second-order valence-corrected chi connectivity index (χ2v) is 6.28. The quantitative estimate of drug-likeness (QED) is 0.481. The maximum absolute atomic E-state index is 11.4. The van der Waals surface area contributed by atoms with Crippen molar-refractivity contribution in [1.82, 2.24) is 0 Å². The van der Waals surface area contributed by atoms with Crippen LogP contribution in [0.5, 0.6) is 0 Å². The Balaban J connectivity index is 3.82. The van der Waals surface area contributed by atoms with Gasteiger partial charge in [-0.3, -0.25) is 4.79 Å². The van der Waals surface area contributed by atoms with Gasteiger partial charge in [-0.05, 0) is 73.3 Å². The monoisotopic (exact) mass is 572 g/mol. The first-order chi connectivity index (χ1) is 7.82. The molecule has 1 rings (SSSR count). The first-order valence-electron chi connectivity index (χ1n) is 4.25. The third kappa shape index (κ3) is 2.84. The number of hydrogen-bond acceptors (Lipinski definition) is 3. The molecule has 1 amide bonds. The summed E-state index contributed by atoms with van der Waals surface area (Å²) in [5.41, 5.74) is 11.8. The topological polar surface area (TPSA) is 106 Å². The van der Waals surface area contributed by atoms with Gasteiger partial charge < -0.3 is 16.6 Å². The molecule has 5 nitrogen and oxygen atoms in total. The van der Waals surface area contributed by atoms with Crippen molar-refractivity contribution in [3.05, 3.63) is 27.4 Å². The van der Waals surface area contributed by atoms with Crippen molar-refractivity contribution in [3.63, 3.8) is 0 Å². The van der Waals surface area contributed by atoms with Gasteiger partial charge in [0.25, 0.3) is 5.91 Å². The van der Waals surface area contributed by atoms with E-state index >= 15 is 0 Å².